The molecule has 0 radical (unpaired) electrons. The molecule has 0 saturated carbocycles. The van der Waals surface area contributed by atoms with E-state index in [1.165, 1.54) is 23.9 Å². The first-order chi connectivity index (χ1) is 13.5. The third-order valence-corrected chi connectivity index (χ3v) is 6.19. The maximum Gasteiger partial charge on any atom is 0.278 e. The second kappa shape index (κ2) is 7.63. The summed E-state index contributed by atoms with van der Waals surface area (Å²) >= 11 is 7.60. The number of halogens is 1. The zero-order valence-corrected chi connectivity index (χ0v) is 16.6. The van der Waals surface area contributed by atoms with Crippen LogP contribution in [0.25, 0.3) is 11.3 Å². The summed E-state index contributed by atoms with van der Waals surface area (Å²) in [5.74, 6) is 0. The van der Waals surface area contributed by atoms with Gasteiger partial charge in [-0.2, -0.15) is 8.42 Å². The molecule has 0 aliphatic heterocycles. The molecule has 2 aromatic heterocycles. The Morgan fingerprint density at radius 3 is 2.75 bits per heavy atom. The van der Waals surface area contributed by atoms with Gasteiger partial charge in [0.15, 0.2) is 10.2 Å². The van der Waals surface area contributed by atoms with Crippen molar-refractivity contribution in [3.8, 4) is 11.3 Å². The minimum absolute atomic E-state index is 0.00205. The van der Waals surface area contributed by atoms with E-state index in [1.807, 2.05) is 29.6 Å². The van der Waals surface area contributed by atoms with E-state index in [4.69, 9.17) is 11.6 Å². The zero-order chi connectivity index (χ0) is 19.6. The highest BCUT2D eigenvalue weighted by Gasteiger charge is 2.16. The lowest BCUT2D eigenvalue weighted by molar-refractivity contribution is 0.598. The molecule has 4 aromatic rings. The molecule has 0 atom stereocenters. The second-order valence-corrected chi connectivity index (χ2v) is 8.66. The number of nitrogens with zero attached hydrogens (tertiary/aromatic N) is 2. The maximum atomic E-state index is 12.3. The molecule has 0 amide bonds. The van der Waals surface area contributed by atoms with Crippen molar-refractivity contribution in [1.82, 2.24) is 15.0 Å². The number of hydrogen-bond acceptors (Lipinski definition) is 6. The Bertz CT molecular complexity index is 1210. The number of para-hydroxylation sites is 1. The van der Waals surface area contributed by atoms with Gasteiger partial charge in [-0.1, -0.05) is 35.9 Å². The molecule has 0 aliphatic rings. The van der Waals surface area contributed by atoms with Gasteiger partial charge in [-0.05, 0) is 24.3 Å². The lowest BCUT2D eigenvalue weighted by Gasteiger charge is -2.07. The highest BCUT2D eigenvalue weighted by atomic mass is 35.5. The standard InChI is InChI=1S/C18H14ClN5O2S2/c19-14-6-1-2-7-15(14)22-18-23-16(10-27-18)12-4-3-5-13(8-12)24-28(25,26)17-9-20-11-21-17/h1-11,24H,(H,20,21)(H,22,23). The zero-order valence-electron chi connectivity index (χ0n) is 14.3. The normalized spacial score (nSPS) is 11.3. The number of nitrogens with one attached hydrogen (secondary N) is 3. The maximum absolute atomic E-state index is 12.3. The highest BCUT2D eigenvalue weighted by molar-refractivity contribution is 7.92. The lowest BCUT2D eigenvalue weighted by Crippen LogP contribution is -2.13. The average molecular weight is 432 g/mol. The third-order valence-electron chi connectivity index (χ3n) is 3.79. The Hall–Kier alpha value is -2.88. The molecule has 0 saturated heterocycles. The van der Waals surface area contributed by atoms with Gasteiger partial charge in [0, 0.05) is 16.6 Å². The smallest absolute Gasteiger partial charge is 0.278 e. The van der Waals surface area contributed by atoms with Crippen LogP contribution >= 0.6 is 22.9 Å². The Kier molecular flexibility index (Phi) is 5.03. The van der Waals surface area contributed by atoms with E-state index in [9.17, 15) is 8.42 Å². The predicted molar refractivity (Wildman–Crippen MR) is 112 cm³/mol. The van der Waals surface area contributed by atoms with Crippen molar-refractivity contribution in [2.75, 3.05) is 10.0 Å². The number of aromatic nitrogens is 3. The summed E-state index contributed by atoms with van der Waals surface area (Å²) in [6.07, 6.45) is 2.56. The lowest BCUT2D eigenvalue weighted by atomic mass is 10.1. The molecule has 4 rings (SSSR count). The summed E-state index contributed by atoms with van der Waals surface area (Å²) in [5, 5.41) is 6.37. The minimum Gasteiger partial charge on any atom is -0.334 e. The number of thiazole rings is 1. The molecular weight excluding hydrogens is 418 g/mol. The van der Waals surface area contributed by atoms with Crippen LogP contribution in [-0.2, 0) is 10.0 Å². The van der Waals surface area contributed by atoms with Crippen molar-refractivity contribution in [3.63, 3.8) is 0 Å². The fourth-order valence-corrected chi connectivity index (χ4v) is 4.35. The minimum atomic E-state index is -3.72. The summed E-state index contributed by atoms with van der Waals surface area (Å²) in [6, 6.07) is 14.4. The Morgan fingerprint density at radius 2 is 1.96 bits per heavy atom. The second-order valence-electron chi connectivity index (χ2n) is 5.74. The van der Waals surface area contributed by atoms with E-state index in [-0.39, 0.29) is 5.03 Å². The van der Waals surface area contributed by atoms with Gasteiger partial charge in [0.2, 0.25) is 0 Å². The van der Waals surface area contributed by atoms with Gasteiger partial charge in [-0.15, -0.1) is 11.3 Å². The first kappa shape index (κ1) is 18.5. The number of rotatable bonds is 6. The molecule has 28 heavy (non-hydrogen) atoms. The van der Waals surface area contributed by atoms with Gasteiger partial charge in [0.1, 0.15) is 0 Å². The molecule has 2 aromatic carbocycles. The largest absolute Gasteiger partial charge is 0.334 e. The molecular formula is C18H14ClN5O2S2. The average Bonchev–Trinajstić information content (AvgIpc) is 3.36. The van der Waals surface area contributed by atoms with E-state index < -0.39 is 10.0 Å². The van der Waals surface area contributed by atoms with Crippen LogP contribution in [0.4, 0.5) is 16.5 Å². The first-order valence-electron chi connectivity index (χ1n) is 8.10. The van der Waals surface area contributed by atoms with Gasteiger partial charge in [0.05, 0.1) is 28.9 Å². The van der Waals surface area contributed by atoms with Gasteiger partial charge in [-0.3, -0.25) is 4.72 Å². The van der Waals surface area contributed by atoms with Crippen LogP contribution in [-0.4, -0.2) is 23.4 Å². The number of H-pyrrole nitrogens is 1. The number of anilines is 3. The van der Waals surface area contributed by atoms with Gasteiger partial charge < -0.3 is 10.3 Å². The monoisotopic (exact) mass is 431 g/mol. The number of hydrogen-bond donors (Lipinski definition) is 3. The van der Waals surface area contributed by atoms with Crippen molar-refractivity contribution < 1.29 is 8.42 Å². The summed E-state index contributed by atoms with van der Waals surface area (Å²) in [5.41, 5.74) is 2.71. The molecule has 0 bridgehead atoms. The van der Waals surface area contributed by atoms with E-state index in [0.717, 1.165) is 16.9 Å². The third kappa shape index (κ3) is 4.01. The van der Waals surface area contributed by atoms with Gasteiger partial charge in [-0.25, -0.2) is 9.97 Å². The Labute approximate surface area is 170 Å². The molecule has 0 aliphatic carbocycles. The van der Waals surface area contributed by atoms with E-state index in [1.54, 1.807) is 24.3 Å². The summed E-state index contributed by atoms with van der Waals surface area (Å²) in [6.45, 7) is 0. The molecule has 7 nitrogen and oxygen atoms in total. The van der Waals surface area contributed by atoms with Crippen LogP contribution in [0.3, 0.4) is 0 Å². The van der Waals surface area contributed by atoms with Crippen molar-refractivity contribution in [3.05, 3.63) is 71.5 Å². The number of imidazole rings is 1. The molecule has 2 heterocycles. The molecule has 0 fully saturated rings. The number of aromatic amines is 1. The van der Waals surface area contributed by atoms with Crippen LogP contribution in [0.5, 0.6) is 0 Å². The fraction of sp³-hybridized carbons (Fsp3) is 0. The van der Waals surface area contributed by atoms with Crippen molar-refractivity contribution >= 4 is 49.5 Å². The van der Waals surface area contributed by atoms with E-state index in [0.29, 0.717) is 15.8 Å². The van der Waals surface area contributed by atoms with Gasteiger partial charge in [0.25, 0.3) is 10.0 Å². The SMILES string of the molecule is O=S(=O)(Nc1cccc(-c2csc(Nc3ccccc3Cl)n2)c1)c1cnc[nH]1. The fourth-order valence-electron chi connectivity index (χ4n) is 2.48. The topological polar surface area (TPSA) is 99.8 Å². The molecule has 3 N–H and O–H groups in total. The predicted octanol–water partition coefficient (Wildman–Crippen LogP) is 4.73. The van der Waals surface area contributed by atoms with Crippen molar-refractivity contribution in [2.45, 2.75) is 5.03 Å². The molecule has 142 valence electrons. The summed E-state index contributed by atoms with van der Waals surface area (Å²) in [4.78, 5) is 10.9. The van der Waals surface area contributed by atoms with E-state index >= 15 is 0 Å². The highest BCUT2D eigenvalue weighted by Crippen LogP contribution is 2.31. The first-order valence-corrected chi connectivity index (χ1v) is 10.8. The van der Waals surface area contributed by atoms with Gasteiger partial charge >= 0.3 is 0 Å². The van der Waals surface area contributed by atoms with Crippen LogP contribution in [0.1, 0.15) is 0 Å². The molecule has 0 unspecified atom stereocenters. The van der Waals surface area contributed by atoms with Crippen molar-refractivity contribution in [2.24, 2.45) is 0 Å². The summed E-state index contributed by atoms with van der Waals surface area (Å²) in [7, 11) is -3.72. The van der Waals surface area contributed by atoms with Crippen LogP contribution < -0.4 is 10.0 Å². The Balaban J connectivity index is 1.55. The number of sulfonamides is 1. The molecule has 0 spiro atoms. The van der Waals surface area contributed by atoms with Crippen molar-refractivity contribution in [1.29, 1.82) is 0 Å². The quantitative estimate of drug-likeness (QED) is 0.409. The van der Waals surface area contributed by atoms with E-state index in [2.05, 4.69) is 25.0 Å². The van der Waals surface area contributed by atoms with Crippen LogP contribution in [0, 0.1) is 0 Å². The summed E-state index contributed by atoms with van der Waals surface area (Å²) < 4.78 is 27.2. The molecule has 10 heteroatoms. The number of benzene rings is 2. The van der Waals surface area contributed by atoms with Crippen LogP contribution in [0.15, 0.2) is 71.5 Å². The Morgan fingerprint density at radius 1 is 1.11 bits per heavy atom. The van der Waals surface area contributed by atoms with Crippen LogP contribution in [0.2, 0.25) is 5.02 Å².